The van der Waals surface area contributed by atoms with Gasteiger partial charge in [-0.15, -0.1) is 11.3 Å². The topological polar surface area (TPSA) is 43.6 Å². The van der Waals surface area contributed by atoms with Crippen molar-refractivity contribution in [3.8, 4) is 27.9 Å². The Bertz CT molecular complexity index is 2070. The van der Waals surface area contributed by atoms with Gasteiger partial charge in [0.1, 0.15) is 0 Å². The molecule has 0 saturated carbocycles. The molecule has 0 amide bonds. The first-order valence-electron chi connectivity index (χ1n) is 12.5. The molecular formula is C33H20N4S. The number of fused-ring (bicyclic) bond motifs is 7. The van der Waals surface area contributed by atoms with Gasteiger partial charge in [-0.2, -0.15) is 0 Å². The van der Waals surface area contributed by atoms with Crippen molar-refractivity contribution in [2.24, 2.45) is 0 Å². The van der Waals surface area contributed by atoms with E-state index in [4.69, 9.17) is 4.98 Å². The van der Waals surface area contributed by atoms with Crippen LogP contribution in [0.1, 0.15) is 0 Å². The highest BCUT2D eigenvalue weighted by Crippen LogP contribution is 2.43. The number of hydrogen-bond donors (Lipinski definition) is 0. The Balaban J connectivity index is 1.54. The van der Waals surface area contributed by atoms with Crippen LogP contribution >= 0.6 is 11.3 Å². The minimum atomic E-state index is 1.01. The fourth-order valence-corrected chi connectivity index (χ4v) is 6.67. The van der Waals surface area contributed by atoms with Crippen molar-refractivity contribution in [1.29, 1.82) is 0 Å². The minimum Gasteiger partial charge on any atom is -0.307 e. The molecule has 0 unspecified atom stereocenters. The second-order valence-corrected chi connectivity index (χ2v) is 10.5. The molecule has 0 aliphatic rings. The summed E-state index contributed by atoms with van der Waals surface area (Å²) in [5.41, 5.74) is 8.93. The Morgan fingerprint density at radius 3 is 2.00 bits per heavy atom. The minimum absolute atomic E-state index is 1.01. The Hall–Kier alpha value is -4.87. The quantitative estimate of drug-likeness (QED) is 0.242. The molecule has 0 spiro atoms. The summed E-state index contributed by atoms with van der Waals surface area (Å²) in [6.07, 6.45) is 9.27. The van der Waals surface area contributed by atoms with Gasteiger partial charge >= 0.3 is 0 Å². The number of thiophene rings is 1. The lowest BCUT2D eigenvalue weighted by molar-refractivity contribution is 1.18. The molecule has 5 heterocycles. The smallest absolute Gasteiger partial charge is 0.0963 e. The van der Waals surface area contributed by atoms with Gasteiger partial charge in [0.25, 0.3) is 0 Å². The van der Waals surface area contributed by atoms with Gasteiger partial charge in [-0.25, -0.2) is 0 Å². The standard InChI is InChI=1S/C33H20N4S/c1-2-6-29-26(4-1)31-30(38-29)8-7-27-32-28(5-3-13-36-32)37(33(27)31)25-19-23(21-9-14-34-15-10-21)18-24(20-25)22-11-16-35-17-12-22/h1-20H. The van der Waals surface area contributed by atoms with Crippen molar-refractivity contribution in [2.75, 3.05) is 0 Å². The fraction of sp³-hybridized carbons (Fsp3) is 0. The van der Waals surface area contributed by atoms with E-state index in [2.05, 4.69) is 99.5 Å². The Kier molecular flexibility index (Phi) is 4.66. The highest BCUT2D eigenvalue weighted by molar-refractivity contribution is 7.26. The van der Waals surface area contributed by atoms with E-state index < -0.39 is 0 Å². The Morgan fingerprint density at radius 2 is 1.26 bits per heavy atom. The second-order valence-electron chi connectivity index (χ2n) is 9.38. The van der Waals surface area contributed by atoms with E-state index in [1.165, 1.54) is 25.7 Å². The van der Waals surface area contributed by atoms with E-state index in [0.29, 0.717) is 0 Å². The first-order valence-corrected chi connectivity index (χ1v) is 13.3. The summed E-state index contributed by atoms with van der Waals surface area (Å²) in [5, 5.41) is 3.72. The summed E-state index contributed by atoms with van der Waals surface area (Å²) in [6.45, 7) is 0. The molecular weight excluding hydrogens is 484 g/mol. The molecule has 5 aromatic heterocycles. The molecule has 0 aliphatic carbocycles. The van der Waals surface area contributed by atoms with Crippen LogP contribution in [-0.4, -0.2) is 19.5 Å². The molecule has 38 heavy (non-hydrogen) atoms. The van der Waals surface area contributed by atoms with E-state index in [0.717, 1.165) is 44.4 Å². The summed E-state index contributed by atoms with van der Waals surface area (Å²) < 4.78 is 4.97. The highest BCUT2D eigenvalue weighted by Gasteiger charge is 2.19. The molecule has 5 heteroatoms. The molecule has 3 aromatic carbocycles. The number of hydrogen-bond acceptors (Lipinski definition) is 4. The first-order chi connectivity index (χ1) is 18.8. The summed E-state index contributed by atoms with van der Waals surface area (Å²) in [4.78, 5) is 13.3. The maximum atomic E-state index is 4.85. The van der Waals surface area contributed by atoms with Crippen LogP contribution in [0.3, 0.4) is 0 Å². The molecule has 0 N–H and O–H groups in total. The molecule has 4 nitrogen and oxygen atoms in total. The lowest BCUT2D eigenvalue weighted by Crippen LogP contribution is -1.96. The molecule has 8 aromatic rings. The van der Waals surface area contributed by atoms with Crippen LogP contribution in [0, 0.1) is 0 Å². The van der Waals surface area contributed by atoms with Crippen LogP contribution in [0.15, 0.2) is 122 Å². The van der Waals surface area contributed by atoms with E-state index in [-0.39, 0.29) is 0 Å². The van der Waals surface area contributed by atoms with Crippen molar-refractivity contribution in [1.82, 2.24) is 19.5 Å². The van der Waals surface area contributed by atoms with Gasteiger partial charge in [-0.05, 0) is 95.1 Å². The number of rotatable bonds is 3. The zero-order valence-electron chi connectivity index (χ0n) is 20.2. The maximum Gasteiger partial charge on any atom is 0.0963 e. The fourth-order valence-electron chi connectivity index (χ4n) is 5.56. The van der Waals surface area contributed by atoms with Crippen molar-refractivity contribution >= 4 is 53.4 Å². The number of benzene rings is 3. The number of aromatic nitrogens is 4. The van der Waals surface area contributed by atoms with Gasteiger partial charge in [-0.1, -0.05) is 18.2 Å². The lowest BCUT2D eigenvalue weighted by atomic mass is 9.99. The summed E-state index contributed by atoms with van der Waals surface area (Å²) in [7, 11) is 0. The SMILES string of the molecule is c1ccc2c(c1)sc1ccc3c4ncccc4n(-c4cc(-c5ccncc5)cc(-c5ccncc5)c4)c3c12. The van der Waals surface area contributed by atoms with Gasteiger partial charge in [0.15, 0.2) is 0 Å². The molecule has 0 fully saturated rings. The van der Waals surface area contributed by atoms with Crippen LogP contribution in [0.4, 0.5) is 0 Å². The summed E-state index contributed by atoms with van der Waals surface area (Å²) >= 11 is 1.84. The third-order valence-electron chi connectivity index (χ3n) is 7.23. The zero-order chi connectivity index (χ0) is 25.1. The number of nitrogens with zero attached hydrogens (tertiary/aromatic N) is 4. The van der Waals surface area contributed by atoms with Crippen LogP contribution in [0.2, 0.25) is 0 Å². The van der Waals surface area contributed by atoms with Crippen LogP contribution in [0.5, 0.6) is 0 Å². The van der Waals surface area contributed by atoms with E-state index in [1.54, 1.807) is 0 Å². The van der Waals surface area contributed by atoms with Crippen molar-refractivity contribution in [3.05, 3.63) is 122 Å². The molecule has 0 radical (unpaired) electrons. The predicted molar refractivity (Wildman–Crippen MR) is 158 cm³/mol. The van der Waals surface area contributed by atoms with Gasteiger partial charge < -0.3 is 4.57 Å². The molecule has 0 bridgehead atoms. The third kappa shape index (κ3) is 3.19. The average Bonchev–Trinajstić information content (AvgIpc) is 3.53. The van der Waals surface area contributed by atoms with Crippen LogP contribution in [-0.2, 0) is 0 Å². The van der Waals surface area contributed by atoms with E-state index in [9.17, 15) is 0 Å². The molecule has 8 rings (SSSR count). The molecule has 178 valence electrons. The average molecular weight is 505 g/mol. The lowest BCUT2D eigenvalue weighted by Gasteiger charge is -2.14. The van der Waals surface area contributed by atoms with Crippen molar-refractivity contribution < 1.29 is 0 Å². The third-order valence-corrected chi connectivity index (χ3v) is 8.36. The molecule has 0 saturated heterocycles. The van der Waals surface area contributed by atoms with E-state index in [1.807, 2.05) is 48.4 Å². The second kappa shape index (κ2) is 8.33. The van der Waals surface area contributed by atoms with Crippen molar-refractivity contribution in [2.45, 2.75) is 0 Å². The normalized spacial score (nSPS) is 11.7. The number of pyridine rings is 3. The van der Waals surface area contributed by atoms with Gasteiger partial charge in [0, 0.05) is 62.2 Å². The highest BCUT2D eigenvalue weighted by atomic mass is 32.1. The van der Waals surface area contributed by atoms with E-state index >= 15 is 0 Å². The summed E-state index contributed by atoms with van der Waals surface area (Å²) in [5.74, 6) is 0. The van der Waals surface area contributed by atoms with Crippen LogP contribution in [0.25, 0.3) is 70.0 Å². The van der Waals surface area contributed by atoms with Gasteiger partial charge in [-0.3, -0.25) is 15.0 Å². The molecule has 0 atom stereocenters. The van der Waals surface area contributed by atoms with Crippen LogP contribution < -0.4 is 0 Å². The Morgan fingerprint density at radius 1 is 0.553 bits per heavy atom. The maximum absolute atomic E-state index is 4.85. The van der Waals surface area contributed by atoms with Gasteiger partial charge in [0.2, 0.25) is 0 Å². The van der Waals surface area contributed by atoms with Crippen molar-refractivity contribution in [3.63, 3.8) is 0 Å². The Labute approximate surface area is 222 Å². The monoisotopic (exact) mass is 504 g/mol. The van der Waals surface area contributed by atoms with Gasteiger partial charge in [0.05, 0.1) is 16.6 Å². The zero-order valence-corrected chi connectivity index (χ0v) is 21.1. The summed E-state index contributed by atoms with van der Waals surface area (Å²) in [6, 6.07) is 32.4. The predicted octanol–water partition coefficient (Wildman–Crippen LogP) is 8.67. The molecule has 0 aliphatic heterocycles. The first kappa shape index (κ1) is 21.2. The largest absolute Gasteiger partial charge is 0.307 e.